The maximum Gasteiger partial charge on any atom is 0.317 e. The Balaban J connectivity index is 2.88. The molecule has 0 amide bonds. The third-order valence-corrected chi connectivity index (χ3v) is 1.37. The van der Waals surface area contributed by atoms with Crippen molar-refractivity contribution in [2.75, 3.05) is 0 Å². The van der Waals surface area contributed by atoms with Crippen LogP contribution in [0.4, 0.5) is 17.6 Å². The molecule has 0 saturated heterocycles. The Labute approximate surface area is 54.0 Å². The lowest BCUT2D eigenvalue weighted by molar-refractivity contribution is -0.185. The molecule has 1 aliphatic carbocycles. The van der Waals surface area contributed by atoms with Crippen LogP contribution in [0.25, 0.3) is 0 Å². The van der Waals surface area contributed by atoms with E-state index in [9.17, 15) is 22.4 Å². The summed E-state index contributed by atoms with van der Waals surface area (Å²) in [4.78, 5) is 10.1. The molecule has 0 unspecified atom stereocenters. The minimum Gasteiger partial charge on any atom is -0.299 e. The maximum absolute atomic E-state index is 12.0. The maximum atomic E-state index is 12.0. The van der Waals surface area contributed by atoms with E-state index in [0.29, 0.717) is 0 Å². The van der Waals surface area contributed by atoms with Crippen LogP contribution in [-0.2, 0) is 4.79 Å². The van der Waals surface area contributed by atoms with Gasteiger partial charge in [-0.1, -0.05) is 0 Å². The first-order chi connectivity index (χ1) is 4.35. The number of carbonyl (C=O) groups excluding carboxylic acids is 1. The van der Waals surface area contributed by atoms with E-state index < -0.39 is 30.5 Å². The molecule has 5 heteroatoms. The molecule has 58 valence electrons. The van der Waals surface area contributed by atoms with Gasteiger partial charge in [-0.3, -0.25) is 4.79 Å². The minimum absolute atomic E-state index is 1.07. The van der Waals surface area contributed by atoms with Gasteiger partial charge in [-0.05, 0) is 0 Å². The summed E-state index contributed by atoms with van der Waals surface area (Å²) in [6.07, 6.45) is -2.64. The summed E-state index contributed by atoms with van der Waals surface area (Å²) in [6.45, 7) is 0. The summed E-state index contributed by atoms with van der Waals surface area (Å²) < 4.78 is 48.0. The largest absolute Gasteiger partial charge is 0.317 e. The Morgan fingerprint density at radius 3 is 1.40 bits per heavy atom. The zero-order valence-corrected chi connectivity index (χ0v) is 4.83. The average molecular weight is 156 g/mol. The van der Waals surface area contributed by atoms with Gasteiger partial charge < -0.3 is 0 Å². The lowest BCUT2D eigenvalue weighted by Gasteiger charge is -2.15. The molecular weight excluding hydrogens is 152 g/mol. The third-order valence-electron chi connectivity index (χ3n) is 1.37. The van der Waals surface area contributed by atoms with Gasteiger partial charge in [-0.25, -0.2) is 0 Å². The second-order valence-corrected chi connectivity index (χ2v) is 2.30. The normalized spacial score (nSPS) is 29.0. The molecule has 0 atom stereocenters. The van der Waals surface area contributed by atoms with E-state index in [0.717, 1.165) is 0 Å². The molecule has 0 bridgehead atoms. The first-order valence-corrected chi connectivity index (χ1v) is 2.62. The molecule has 1 saturated carbocycles. The van der Waals surface area contributed by atoms with Gasteiger partial charge in [0.25, 0.3) is 0 Å². The van der Waals surface area contributed by atoms with Gasteiger partial charge in [0, 0.05) is 0 Å². The van der Waals surface area contributed by atoms with Crippen molar-refractivity contribution in [3.63, 3.8) is 0 Å². The number of ketones is 1. The third kappa shape index (κ3) is 0.892. The topological polar surface area (TPSA) is 17.1 Å². The van der Waals surface area contributed by atoms with Crippen LogP contribution in [0.15, 0.2) is 0 Å². The van der Waals surface area contributed by atoms with E-state index in [2.05, 4.69) is 0 Å². The molecule has 0 heterocycles. The molecule has 0 aromatic rings. The zero-order valence-electron chi connectivity index (χ0n) is 4.83. The molecule has 0 radical (unpaired) electrons. The monoisotopic (exact) mass is 156 g/mol. The lowest BCUT2D eigenvalue weighted by Crippen LogP contribution is -2.33. The number of halogens is 4. The zero-order chi connectivity index (χ0) is 7.99. The van der Waals surface area contributed by atoms with Gasteiger partial charge in [-0.2, -0.15) is 17.6 Å². The standard InChI is InChI=1S/C5H4F4O/c6-4(7)1-3(10)2-5(4,8)9/h1-2H2. The molecular formula is C5H4F4O. The first-order valence-electron chi connectivity index (χ1n) is 2.62. The Hall–Kier alpha value is -0.610. The fourth-order valence-electron chi connectivity index (χ4n) is 0.816. The molecule has 0 aromatic heterocycles. The highest BCUT2D eigenvalue weighted by Gasteiger charge is 2.63. The summed E-state index contributed by atoms with van der Waals surface area (Å²) in [5.41, 5.74) is 0. The van der Waals surface area contributed by atoms with Crippen LogP contribution >= 0.6 is 0 Å². The highest BCUT2D eigenvalue weighted by molar-refractivity contribution is 5.83. The van der Waals surface area contributed by atoms with Crippen molar-refractivity contribution in [1.29, 1.82) is 0 Å². The van der Waals surface area contributed by atoms with Crippen molar-refractivity contribution in [3.8, 4) is 0 Å². The Kier molecular flexibility index (Phi) is 1.28. The van der Waals surface area contributed by atoms with Crippen LogP contribution in [0, 0.1) is 0 Å². The summed E-state index contributed by atoms with van der Waals surface area (Å²) >= 11 is 0. The second-order valence-electron chi connectivity index (χ2n) is 2.30. The summed E-state index contributed by atoms with van der Waals surface area (Å²) in [5, 5.41) is 0. The molecule has 0 aliphatic heterocycles. The van der Waals surface area contributed by atoms with Gasteiger partial charge in [-0.15, -0.1) is 0 Å². The highest BCUT2D eigenvalue weighted by Crippen LogP contribution is 2.45. The minimum atomic E-state index is -4.12. The van der Waals surface area contributed by atoms with Crippen molar-refractivity contribution in [2.24, 2.45) is 0 Å². The highest BCUT2D eigenvalue weighted by atomic mass is 19.3. The molecule has 0 N–H and O–H groups in total. The van der Waals surface area contributed by atoms with E-state index in [1.165, 1.54) is 0 Å². The van der Waals surface area contributed by atoms with E-state index in [-0.39, 0.29) is 0 Å². The SMILES string of the molecule is O=C1CC(F)(F)C(F)(F)C1. The lowest BCUT2D eigenvalue weighted by atomic mass is 10.2. The van der Waals surface area contributed by atoms with E-state index in [1.807, 2.05) is 0 Å². The Morgan fingerprint density at radius 1 is 1.00 bits per heavy atom. The predicted molar refractivity (Wildman–Crippen MR) is 24.1 cm³/mol. The molecule has 1 fully saturated rings. The predicted octanol–water partition coefficient (Wildman–Crippen LogP) is 1.62. The number of hydrogen-bond acceptors (Lipinski definition) is 1. The first kappa shape index (κ1) is 7.50. The smallest absolute Gasteiger partial charge is 0.299 e. The molecule has 10 heavy (non-hydrogen) atoms. The molecule has 1 aliphatic rings. The van der Waals surface area contributed by atoms with Crippen molar-refractivity contribution < 1.29 is 22.4 Å². The number of alkyl halides is 4. The Morgan fingerprint density at radius 2 is 1.30 bits per heavy atom. The fraction of sp³-hybridized carbons (Fsp3) is 0.800. The van der Waals surface area contributed by atoms with Crippen molar-refractivity contribution in [1.82, 2.24) is 0 Å². The number of rotatable bonds is 0. The van der Waals surface area contributed by atoms with Gasteiger partial charge in [0.1, 0.15) is 5.78 Å². The van der Waals surface area contributed by atoms with Crippen LogP contribution in [0.2, 0.25) is 0 Å². The second kappa shape index (κ2) is 1.71. The molecule has 1 nitrogen and oxygen atoms in total. The average Bonchev–Trinajstić information content (AvgIpc) is 1.73. The van der Waals surface area contributed by atoms with E-state index in [4.69, 9.17) is 0 Å². The molecule has 0 spiro atoms. The van der Waals surface area contributed by atoms with Crippen molar-refractivity contribution >= 4 is 5.78 Å². The van der Waals surface area contributed by atoms with Crippen molar-refractivity contribution in [2.45, 2.75) is 24.7 Å². The molecule has 1 rings (SSSR count). The van der Waals surface area contributed by atoms with Crippen LogP contribution in [0.1, 0.15) is 12.8 Å². The van der Waals surface area contributed by atoms with Crippen LogP contribution in [0.5, 0.6) is 0 Å². The van der Waals surface area contributed by atoms with Crippen LogP contribution in [-0.4, -0.2) is 17.6 Å². The summed E-state index contributed by atoms with van der Waals surface area (Å²) in [7, 11) is 0. The van der Waals surface area contributed by atoms with Gasteiger partial charge >= 0.3 is 11.8 Å². The molecule has 0 aromatic carbocycles. The summed E-state index contributed by atoms with van der Waals surface area (Å²) in [6, 6.07) is 0. The van der Waals surface area contributed by atoms with Gasteiger partial charge in [0.2, 0.25) is 0 Å². The fourth-order valence-corrected chi connectivity index (χ4v) is 0.816. The van der Waals surface area contributed by atoms with Crippen LogP contribution in [0.3, 0.4) is 0 Å². The number of Topliss-reactive ketones (excluding diaryl/α,β-unsaturated/α-hetero) is 1. The van der Waals surface area contributed by atoms with E-state index in [1.54, 1.807) is 0 Å². The van der Waals surface area contributed by atoms with Gasteiger partial charge in [0.15, 0.2) is 0 Å². The Bertz CT molecular complexity index is 156. The van der Waals surface area contributed by atoms with Crippen molar-refractivity contribution in [3.05, 3.63) is 0 Å². The number of hydrogen-bond donors (Lipinski definition) is 0. The van der Waals surface area contributed by atoms with Gasteiger partial charge in [0.05, 0.1) is 12.8 Å². The van der Waals surface area contributed by atoms with E-state index >= 15 is 0 Å². The number of carbonyl (C=O) groups is 1. The quantitative estimate of drug-likeness (QED) is 0.487. The van der Waals surface area contributed by atoms with Crippen LogP contribution < -0.4 is 0 Å². The summed E-state index contributed by atoms with van der Waals surface area (Å²) in [5.74, 6) is -9.32.